The van der Waals surface area contributed by atoms with Crippen LogP contribution in [0.3, 0.4) is 0 Å². The summed E-state index contributed by atoms with van der Waals surface area (Å²) in [5.41, 5.74) is 38.1. The summed E-state index contributed by atoms with van der Waals surface area (Å²) in [6, 6.07) is 126. The number of nitrogens with zero attached hydrogens (tertiary/aromatic N) is 10. The number of para-hydroxylation sites is 3. The van der Waals surface area contributed by atoms with Crippen LogP contribution in [-0.2, 0) is 21.7 Å². The normalized spacial score (nSPS) is 14.1. The first-order chi connectivity index (χ1) is 62.0. The Kier molecular flexibility index (Phi) is 16.8. The van der Waals surface area contributed by atoms with Gasteiger partial charge in [-0.3, -0.25) is 18.7 Å². The molecule has 0 unspecified atom stereocenters. The Labute approximate surface area is 736 Å². The molecule has 0 radical (unpaired) electrons. The number of hydrogen-bond donors (Lipinski definition) is 0. The fraction of sp³-hybridized carbons (Fsp3) is 0.103. The Bertz CT molecular complexity index is 8320. The molecule has 10 nitrogen and oxygen atoms in total. The van der Waals surface area contributed by atoms with E-state index >= 15 is 0 Å². The van der Waals surface area contributed by atoms with Gasteiger partial charge in [0, 0.05) is 101 Å². The maximum atomic E-state index is 5.30. The second kappa shape index (κ2) is 28.5. The minimum absolute atomic E-state index is 0.0315. The van der Waals surface area contributed by atoms with Crippen molar-refractivity contribution < 1.29 is 0 Å². The van der Waals surface area contributed by atoms with Gasteiger partial charge in [-0.25, -0.2) is 29.9 Å². The molecule has 4 aliphatic rings. The molecule has 0 spiro atoms. The molecule has 26 rings (SSSR count). The van der Waals surface area contributed by atoms with Gasteiger partial charge in [-0.2, -0.15) is 0 Å². The third-order valence-corrected chi connectivity index (χ3v) is 27.9. The average molecular weight is 1630 g/mol. The van der Waals surface area contributed by atoms with E-state index in [1.807, 2.05) is 42.6 Å². The SMILES string of the molecule is CC1(C)c2ccccc2-c2c1ccc1c2ccn1-c1nc(-c2ccc(-c3cccc4ccccc34)cc2)c2ccccc2n1.CC1(C)c2ccccc2-c2c1ccc1c2ccn1-c1nc(-c2ccc(-c3ccccn3)cc2)c2ccccc2n1.CC1(C)c2ccccc2-c2ccc(-c3nc(-n4ccc5c6c(ccc54)C(C)(C)c4ccccc4-6)nc4ccccc34)cc21. The van der Waals surface area contributed by atoms with Gasteiger partial charge >= 0.3 is 0 Å². The summed E-state index contributed by atoms with van der Waals surface area (Å²) in [4.78, 5) is 35.4. The van der Waals surface area contributed by atoms with Crippen LogP contribution in [0.15, 0.2) is 377 Å². The number of aromatic nitrogens is 10. The van der Waals surface area contributed by atoms with Crippen LogP contribution in [0.1, 0.15) is 99.9 Å². The number of pyridine rings is 1. The largest absolute Gasteiger partial charge is 0.285 e. The fourth-order valence-corrected chi connectivity index (χ4v) is 21.4. The summed E-state index contributed by atoms with van der Waals surface area (Å²) in [6.45, 7) is 18.6. The van der Waals surface area contributed by atoms with Crippen LogP contribution < -0.4 is 0 Å². The van der Waals surface area contributed by atoms with Gasteiger partial charge in [0.2, 0.25) is 17.8 Å². The van der Waals surface area contributed by atoms with E-state index in [1.165, 1.54) is 127 Å². The molecular formula is C117H86N10. The molecule has 7 aromatic heterocycles. The number of rotatable bonds is 8. The van der Waals surface area contributed by atoms with E-state index in [1.54, 1.807) is 0 Å². The van der Waals surface area contributed by atoms with E-state index < -0.39 is 0 Å². The summed E-state index contributed by atoms with van der Waals surface area (Å²) in [7, 11) is 0. The van der Waals surface area contributed by atoms with Crippen LogP contribution in [0.4, 0.5) is 0 Å². The summed E-state index contributed by atoms with van der Waals surface area (Å²) >= 11 is 0. The van der Waals surface area contributed by atoms with E-state index in [9.17, 15) is 0 Å². The van der Waals surface area contributed by atoms with Gasteiger partial charge < -0.3 is 0 Å². The average Bonchev–Trinajstić information content (AvgIpc) is 1.57. The predicted molar refractivity (Wildman–Crippen MR) is 522 cm³/mol. The van der Waals surface area contributed by atoms with Crippen molar-refractivity contribution in [1.29, 1.82) is 0 Å². The lowest BCUT2D eigenvalue weighted by Crippen LogP contribution is -2.15. The molecule has 7 heterocycles. The minimum atomic E-state index is -0.0747. The van der Waals surface area contributed by atoms with Crippen LogP contribution in [-0.4, -0.2) is 48.6 Å². The van der Waals surface area contributed by atoms with Crippen molar-refractivity contribution in [1.82, 2.24) is 48.6 Å². The molecule has 0 atom stereocenters. The lowest BCUT2D eigenvalue weighted by Gasteiger charge is -2.22. The summed E-state index contributed by atoms with van der Waals surface area (Å²) in [5, 5.41) is 9.35. The van der Waals surface area contributed by atoms with E-state index in [0.29, 0.717) is 17.8 Å². The van der Waals surface area contributed by atoms with E-state index in [-0.39, 0.29) is 21.7 Å². The Balaban J connectivity index is 0.000000106. The van der Waals surface area contributed by atoms with Crippen molar-refractivity contribution in [3.63, 3.8) is 0 Å². The first-order valence-corrected chi connectivity index (χ1v) is 43.9. The number of benzene rings is 15. The van der Waals surface area contributed by atoms with Gasteiger partial charge in [0.1, 0.15) is 0 Å². The second-order valence-corrected chi connectivity index (χ2v) is 36.3. The van der Waals surface area contributed by atoms with E-state index in [0.717, 1.165) is 94.3 Å². The Morgan fingerprint density at radius 3 is 0.984 bits per heavy atom. The van der Waals surface area contributed by atoms with Crippen LogP contribution in [0.5, 0.6) is 0 Å². The minimum Gasteiger partial charge on any atom is -0.285 e. The zero-order valence-corrected chi connectivity index (χ0v) is 71.8. The molecule has 0 N–H and O–H groups in total. The Hall–Kier alpha value is -15.7. The van der Waals surface area contributed by atoms with Gasteiger partial charge in [0.25, 0.3) is 0 Å². The smallest absolute Gasteiger partial charge is 0.235 e. The zero-order valence-electron chi connectivity index (χ0n) is 71.8. The van der Waals surface area contributed by atoms with Gasteiger partial charge in [0.15, 0.2) is 0 Å². The fourth-order valence-electron chi connectivity index (χ4n) is 21.4. The highest BCUT2D eigenvalue weighted by molar-refractivity contribution is 6.07. The lowest BCUT2D eigenvalue weighted by molar-refractivity contribution is 0.660. The molecule has 604 valence electrons. The molecule has 10 heteroatoms. The summed E-state index contributed by atoms with van der Waals surface area (Å²) in [6.07, 6.45) is 8.19. The zero-order chi connectivity index (χ0) is 85.3. The third-order valence-electron chi connectivity index (χ3n) is 27.9. The molecule has 0 amide bonds. The van der Waals surface area contributed by atoms with Crippen molar-refractivity contribution in [2.75, 3.05) is 0 Å². The molecule has 0 fully saturated rings. The molecule has 0 saturated carbocycles. The number of fused-ring (bicyclic) bond motifs is 22. The van der Waals surface area contributed by atoms with Crippen molar-refractivity contribution in [3.05, 3.63) is 421 Å². The van der Waals surface area contributed by atoms with Gasteiger partial charge in [-0.1, -0.05) is 334 Å². The van der Waals surface area contributed by atoms with Crippen molar-refractivity contribution >= 4 is 76.2 Å². The van der Waals surface area contributed by atoms with E-state index in [4.69, 9.17) is 29.9 Å². The first-order valence-electron chi connectivity index (χ1n) is 43.9. The van der Waals surface area contributed by atoms with Crippen LogP contribution >= 0.6 is 0 Å². The lowest BCUT2D eigenvalue weighted by atomic mass is 9.82. The maximum absolute atomic E-state index is 5.30. The monoisotopic (exact) mass is 1630 g/mol. The maximum Gasteiger partial charge on any atom is 0.235 e. The highest BCUT2D eigenvalue weighted by atomic mass is 15.2. The number of hydrogen-bond acceptors (Lipinski definition) is 7. The van der Waals surface area contributed by atoms with Gasteiger partial charge in [0.05, 0.1) is 55.9 Å². The van der Waals surface area contributed by atoms with Gasteiger partial charge in [-0.05, 0) is 184 Å². The van der Waals surface area contributed by atoms with E-state index in [2.05, 4.69) is 408 Å². The Morgan fingerprint density at radius 2 is 0.543 bits per heavy atom. The molecule has 0 bridgehead atoms. The highest BCUT2D eigenvalue weighted by Crippen LogP contribution is 2.56. The highest BCUT2D eigenvalue weighted by Gasteiger charge is 2.41. The topological polar surface area (TPSA) is 105 Å². The summed E-state index contributed by atoms with van der Waals surface area (Å²) < 4.78 is 6.43. The van der Waals surface area contributed by atoms with Crippen molar-refractivity contribution in [2.45, 2.75) is 77.0 Å². The van der Waals surface area contributed by atoms with Gasteiger partial charge in [-0.15, -0.1) is 0 Å². The first kappa shape index (κ1) is 75.1. The van der Waals surface area contributed by atoms with Crippen LogP contribution in [0.2, 0.25) is 0 Å². The van der Waals surface area contributed by atoms with Crippen molar-refractivity contribution in [2.24, 2.45) is 0 Å². The Morgan fingerprint density at radius 1 is 0.213 bits per heavy atom. The molecule has 127 heavy (non-hydrogen) atoms. The summed E-state index contributed by atoms with van der Waals surface area (Å²) in [5.74, 6) is 2.04. The quantitative estimate of drug-likeness (QED) is 0.149. The molecule has 22 aromatic rings. The van der Waals surface area contributed by atoms with Crippen LogP contribution in [0, 0.1) is 0 Å². The molecule has 15 aromatic carbocycles. The molecular weight excluding hydrogens is 1550 g/mol. The third kappa shape index (κ3) is 11.7. The van der Waals surface area contributed by atoms with Crippen LogP contribution in [0.25, 0.3) is 195 Å². The van der Waals surface area contributed by atoms with Crippen molar-refractivity contribution in [3.8, 4) is 119 Å². The predicted octanol–water partition coefficient (Wildman–Crippen LogP) is 28.8. The molecule has 4 aliphatic carbocycles. The second-order valence-electron chi connectivity index (χ2n) is 36.3. The molecule has 0 aliphatic heterocycles. The standard InChI is InChI=1S/C41H29N3.C40H31N3.C36H26N4/c1-41(2)34-16-7-5-13-31(34)38-33-24-25-44(37(33)23-22-35(38)41)40-42-36-17-8-6-14-32(36)39(43-40)28-20-18-27(19-21-28)30-15-9-11-26-10-3-4-12-29(26)30;1-39(2)31-15-9-6-12-27(31)36-29-21-22-43(35(29)20-19-32(36)39)38-41-34-16-10-7-13-28(34)37(42-38)24-17-18-26-25-11-5-8-14-30(25)40(3,4)33(26)23-24;1-36(2)28-11-5-3-9-25(28)33-27-20-22-40(32(27)19-18-29(33)36)35-38-31-13-6-4-10-26(31)34(39-35)24-16-14-23(15-17-24)30-12-7-8-21-37-30/h3-25H,1-2H3;5-23H,1-4H3;3-22H,1-2H3. The molecule has 0 saturated heterocycles.